The van der Waals surface area contributed by atoms with Crippen molar-refractivity contribution in [2.24, 2.45) is 0 Å². The van der Waals surface area contributed by atoms with Crippen molar-refractivity contribution in [3.63, 3.8) is 0 Å². The molecule has 2 aromatic rings. The van der Waals surface area contributed by atoms with Gasteiger partial charge in [0.05, 0.1) is 11.3 Å². The second-order valence-corrected chi connectivity index (χ2v) is 5.10. The number of nitrogens with zero attached hydrogens (tertiary/aromatic N) is 2. The van der Waals surface area contributed by atoms with E-state index in [0.717, 1.165) is 41.0 Å². The normalized spacial score (nSPS) is 10.8. The summed E-state index contributed by atoms with van der Waals surface area (Å²) in [4.78, 5) is 11.0. The third-order valence-electron chi connectivity index (χ3n) is 3.56. The molecule has 0 aliphatic carbocycles. The van der Waals surface area contributed by atoms with Crippen molar-refractivity contribution in [2.45, 2.75) is 40.7 Å². The highest BCUT2D eigenvalue weighted by atomic mass is 16.4. The second kappa shape index (κ2) is 5.49. The van der Waals surface area contributed by atoms with Gasteiger partial charge in [0.2, 0.25) is 0 Å². The number of hydrogen-bond donors (Lipinski definition) is 1. The molecule has 1 aromatic carbocycles. The molecule has 0 saturated carbocycles. The van der Waals surface area contributed by atoms with Crippen molar-refractivity contribution in [1.82, 2.24) is 9.78 Å². The van der Waals surface area contributed by atoms with E-state index in [4.69, 9.17) is 5.11 Å². The van der Waals surface area contributed by atoms with Crippen LogP contribution in [0.5, 0.6) is 0 Å². The SMILES string of the molecule is CCCn1nc(C)c(-c2ccc(C(=O)O)cc2C)c1C. The summed E-state index contributed by atoms with van der Waals surface area (Å²) in [5.74, 6) is -0.894. The molecule has 1 heterocycles. The molecule has 0 spiro atoms. The third kappa shape index (κ3) is 2.46. The Morgan fingerprint density at radius 3 is 2.55 bits per heavy atom. The van der Waals surface area contributed by atoms with E-state index >= 15 is 0 Å². The van der Waals surface area contributed by atoms with Gasteiger partial charge in [-0.2, -0.15) is 5.10 Å². The summed E-state index contributed by atoms with van der Waals surface area (Å²) in [5, 5.41) is 13.6. The number of hydrogen-bond acceptors (Lipinski definition) is 2. The van der Waals surface area contributed by atoms with Crippen molar-refractivity contribution in [1.29, 1.82) is 0 Å². The topological polar surface area (TPSA) is 55.1 Å². The first-order chi connectivity index (χ1) is 9.45. The highest BCUT2D eigenvalue weighted by Crippen LogP contribution is 2.30. The van der Waals surface area contributed by atoms with Crippen LogP contribution in [0.1, 0.15) is 40.7 Å². The average Bonchev–Trinajstić information content (AvgIpc) is 2.65. The summed E-state index contributed by atoms with van der Waals surface area (Å²) in [6.45, 7) is 9.04. The first-order valence-corrected chi connectivity index (χ1v) is 6.84. The number of carboxylic acids is 1. The molecule has 1 aromatic heterocycles. The first-order valence-electron chi connectivity index (χ1n) is 6.84. The fraction of sp³-hybridized carbons (Fsp3) is 0.375. The second-order valence-electron chi connectivity index (χ2n) is 5.10. The summed E-state index contributed by atoms with van der Waals surface area (Å²) in [7, 11) is 0. The maximum Gasteiger partial charge on any atom is 0.335 e. The van der Waals surface area contributed by atoms with E-state index < -0.39 is 5.97 Å². The fourth-order valence-electron chi connectivity index (χ4n) is 2.59. The number of carbonyl (C=O) groups is 1. The first kappa shape index (κ1) is 14.3. The summed E-state index contributed by atoms with van der Waals surface area (Å²) < 4.78 is 2.02. The van der Waals surface area contributed by atoms with Gasteiger partial charge in [-0.1, -0.05) is 13.0 Å². The number of carboxylic acid groups (broad SMARTS) is 1. The molecule has 20 heavy (non-hydrogen) atoms. The van der Waals surface area contributed by atoms with Crippen LogP contribution >= 0.6 is 0 Å². The molecule has 0 bridgehead atoms. The zero-order chi connectivity index (χ0) is 14.9. The van der Waals surface area contributed by atoms with Crippen LogP contribution in [0.25, 0.3) is 11.1 Å². The lowest BCUT2D eigenvalue weighted by Crippen LogP contribution is -2.01. The maximum absolute atomic E-state index is 11.0. The predicted molar refractivity (Wildman–Crippen MR) is 79.1 cm³/mol. The van der Waals surface area contributed by atoms with E-state index in [1.165, 1.54) is 0 Å². The summed E-state index contributed by atoms with van der Waals surface area (Å²) in [6.07, 6.45) is 1.04. The molecule has 0 atom stereocenters. The lowest BCUT2D eigenvalue weighted by molar-refractivity contribution is 0.0697. The number of aryl methyl sites for hydroxylation is 3. The standard InChI is InChI=1S/C16H20N2O2/c1-5-8-18-12(4)15(11(3)17-18)14-7-6-13(16(19)20)9-10(14)2/h6-7,9H,5,8H2,1-4H3,(H,19,20). The van der Waals surface area contributed by atoms with Crippen LogP contribution in [0.2, 0.25) is 0 Å². The van der Waals surface area contributed by atoms with E-state index in [9.17, 15) is 4.79 Å². The van der Waals surface area contributed by atoms with E-state index in [-0.39, 0.29) is 0 Å². The Bertz CT molecular complexity index is 657. The Balaban J connectivity index is 2.54. The molecular weight excluding hydrogens is 252 g/mol. The smallest absolute Gasteiger partial charge is 0.335 e. The fourth-order valence-corrected chi connectivity index (χ4v) is 2.59. The molecule has 1 N–H and O–H groups in total. The molecule has 4 nitrogen and oxygen atoms in total. The van der Waals surface area contributed by atoms with Crippen molar-refractivity contribution in [2.75, 3.05) is 0 Å². The van der Waals surface area contributed by atoms with Gasteiger partial charge in [0.25, 0.3) is 0 Å². The van der Waals surface area contributed by atoms with Crippen LogP contribution in [0.15, 0.2) is 18.2 Å². The Hall–Kier alpha value is -2.10. The van der Waals surface area contributed by atoms with E-state index in [1.54, 1.807) is 12.1 Å². The Morgan fingerprint density at radius 1 is 1.30 bits per heavy atom. The molecule has 2 rings (SSSR count). The minimum absolute atomic E-state index is 0.322. The van der Waals surface area contributed by atoms with Gasteiger partial charge in [-0.3, -0.25) is 4.68 Å². The summed E-state index contributed by atoms with van der Waals surface area (Å²) in [6, 6.07) is 5.25. The van der Waals surface area contributed by atoms with Crippen LogP contribution in [0, 0.1) is 20.8 Å². The molecule has 0 aliphatic heterocycles. The molecular formula is C16H20N2O2. The van der Waals surface area contributed by atoms with Gasteiger partial charge in [-0.15, -0.1) is 0 Å². The van der Waals surface area contributed by atoms with E-state index in [1.807, 2.05) is 24.6 Å². The number of benzene rings is 1. The van der Waals surface area contributed by atoms with Crippen LogP contribution in [-0.2, 0) is 6.54 Å². The minimum atomic E-state index is -0.894. The molecule has 0 unspecified atom stereocenters. The monoisotopic (exact) mass is 272 g/mol. The predicted octanol–water partition coefficient (Wildman–Crippen LogP) is 3.58. The van der Waals surface area contributed by atoms with Crippen LogP contribution in [-0.4, -0.2) is 20.9 Å². The highest BCUT2D eigenvalue weighted by molar-refractivity contribution is 5.89. The summed E-state index contributed by atoms with van der Waals surface area (Å²) >= 11 is 0. The van der Waals surface area contributed by atoms with Crippen LogP contribution < -0.4 is 0 Å². The quantitative estimate of drug-likeness (QED) is 0.925. The van der Waals surface area contributed by atoms with Gasteiger partial charge in [-0.05, 0) is 50.5 Å². The van der Waals surface area contributed by atoms with Gasteiger partial charge < -0.3 is 5.11 Å². The zero-order valence-corrected chi connectivity index (χ0v) is 12.4. The van der Waals surface area contributed by atoms with Gasteiger partial charge in [0.15, 0.2) is 0 Å². The van der Waals surface area contributed by atoms with Gasteiger partial charge in [-0.25, -0.2) is 4.79 Å². The number of aromatic carboxylic acids is 1. The zero-order valence-electron chi connectivity index (χ0n) is 12.4. The lowest BCUT2D eigenvalue weighted by atomic mass is 9.97. The molecule has 0 saturated heterocycles. The number of aromatic nitrogens is 2. The molecule has 106 valence electrons. The van der Waals surface area contributed by atoms with Crippen molar-refractivity contribution in [3.8, 4) is 11.1 Å². The van der Waals surface area contributed by atoms with Gasteiger partial charge in [0.1, 0.15) is 0 Å². The van der Waals surface area contributed by atoms with E-state index in [2.05, 4.69) is 18.9 Å². The molecule has 0 fully saturated rings. The Kier molecular flexibility index (Phi) is 3.93. The maximum atomic E-state index is 11.0. The summed E-state index contributed by atoms with van der Waals surface area (Å²) in [5.41, 5.74) is 5.59. The Labute approximate surface area is 119 Å². The van der Waals surface area contributed by atoms with Crippen LogP contribution in [0.3, 0.4) is 0 Å². The molecule has 0 amide bonds. The molecule has 0 radical (unpaired) electrons. The van der Waals surface area contributed by atoms with Crippen LogP contribution in [0.4, 0.5) is 0 Å². The number of rotatable bonds is 4. The molecule has 0 aliphatic rings. The lowest BCUT2D eigenvalue weighted by Gasteiger charge is -2.08. The average molecular weight is 272 g/mol. The third-order valence-corrected chi connectivity index (χ3v) is 3.56. The van der Waals surface area contributed by atoms with Gasteiger partial charge in [0, 0.05) is 17.8 Å². The highest BCUT2D eigenvalue weighted by Gasteiger charge is 2.15. The van der Waals surface area contributed by atoms with Gasteiger partial charge >= 0.3 is 5.97 Å². The van der Waals surface area contributed by atoms with E-state index in [0.29, 0.717) is 5.56 Å². The minimum Gasteiger partial charge on any atom is -0.478 e. The Morgan fingerprint density at radius 2 is 2.00 bits per heavy atom. The molecule has 4 heteroatoms. The largest absolute Gasteiger partial charge is 0.478 e. The van der Waals surface area contributed by atoms with Crippen molar-refractivity contribution < 1.29 is 9.90 Å². The van der Waals surface area contributed by atoms with Crippen molar-refractivity contribution >= 4 is 5.97 Å². The van der Waals surface area contributed by atoms with Crippen molar-refractivity contribution in [3.05, 3.63) is 40.7 Å².